The van der Waals surface area contributed by atoms with Crippen molar-refractivity contribution < 1.29 is 13.9 Å². The maximum atomic E-state index is 12.7. The number of alkyl halides is 2. The molecule has 0 saturated carbocycles. The van der Waals surface area contributed by atoms with Gasteiger partial charge in [-0.1, -0.05) is 0 Å². The number of hydrogen-bond donors (Lipinski definition) is 1. The maximum Gasteiger partial charge on any atom is 0.319 e. The summed E-state index contributed by atoms with van der Waals surface area (Å²) in [6, 6.07) is 0.271. The SMILES string of the molecule is CC(O)CC1CCCN1Cc1nccn1C(F)F. The molecule has 0 amide bonds. The van der Waals surface area contributed by atoms with Gasteiger partial charge in [0.2, 0.25) is 0 Å². The highest BCUT2D eigenvalue weighted by Gasteiger charge is 2.27. The van der Waals surface area contributed by atoms with Crippen molar-refractivity contribution in [2.75, 3.05) is 6.54 Å². The molecule has 0 aromatic carbocycles. The van der Waals surface area contributed by atoms with Crippen molar-refractivity contribution in [1.82, 2.24) is 14.5 Å². The van der Waals surface area contributed by atoms with E-state index >= 15 is 0 Å². The van der Waals surface area contributed by atoms with Crippen molar-refractivity contribution in [3.8, 4) is 0 Å². The van der Waals surface area contributed by atoms with Gasteiger partial charge in [0.1, 0.15) is 5.82 Å². The summed E-state index contributed by atoms with van der Waals surface area (Å²) in [5.41, 5.74) is 0. The maximum absolute atomic E-state index is 12.7. The number of aliphatic hydroxyl groups excluding tert-OH is 1. The number of aliphatic hydroxyl groups is 1. The first-order valence-corrected chi connectivity index (χ1v) is 6.30. The summed E-state index contributed by atoms with van der Waals surface area (Å²) < 4.78 is 26.3. The van der Waals surface area contributed by atoms with E-state index in [9.17, 15) is 13.9 Å². The Morgan fingerprint density at radius 2 is 2.33 bits per heavy atom. The van der Waals surface area contributed by atoms with Gasteiger partial charge in [-0.15, -0.1) is 0 Å². The second-order valence-electron chi connectivity index (χ2n) is 4.88. The van der Waals surface area contributed by atoms with E-state index in [0.717, 1.165) is 24.0 Å². The van der Waals surface area contributed by atoms with E-state index in [2.05, 4.69) is 9.88 Å². The smallest absolute Gasteiger partial charge is 0.319 e. The molecule has 0 bridgehead atoms. The third-order valence-corrected chi connectivity index (χ3v) is 3.42. The summed E-state index contributed by atoms with van der Waals surface area (Å²) in [7, 11) is 0. The van der Waals surface area contributed by atoms with Gasteiger partial charge in [-0.05, 0) is 32.7 Å². The Kier molecular flexibility index (Phi) is 4.29. The van der Waals surface area contributed by atoms with Gasteiger partial charge >= 0.3 is 6.55 Å². The second kappa shape index (κ2) is 5.75. The Balaban J connectivity index is 2.01. The summed E-state index contributed by atoms with van der Waals surface area (Å²) in [5, 5.41) is 9.43. The number of hydrogen-bond acceptors (Lipinski definition) is 3. The van der Waals surface area contributed by atoms with E-state index in [0.29, 0.717) is 18.8 Å². The van der Waals surface area contributed by atoms with E-state index in [4.69, 9.17) is 0 Å². The molecule has 4 nitrogen and oxygen atoms in total. The van der Waals surface area contributed by atoms with Crippen molar-refractivity contribution >= 4 is 0 Å². The van der Waals surface area contributed by atoms with Gasteiger partial charge in [-0.25, -0.2) is 4.98 Å². The largest absolute Gasteiger partial charge is 0.393 e. The average molecular weight is 259 g/mol. The minimum Gasteiger partial charge on any atom is -0.393 e. The standard InChI is InChI=1S/C12H19F2N3O/c1-9(18)7-10-3-2-5-16(10)8-11-15-4-6-17(11)12(13)14/h4,6,9-10,12,18H,2-3,5,7-8H2,1H3. The molecule has 1 aliphatic rings. The molecule has 0 radical (unpaired) electrons. The molecule has 1 aliphatic heterocycles. The summed E-state index contributed by atoms with van der Waals surface area (Å²) in [5.74, 6) is 0.391. The highest BCUT2D eigenvalue weighted by molar-refractivity contribution is 4.95. The molecule has 2 rings (SSSR count). The van der Waals surface area contributed by atoms with Crippen LogP contribution in [0.1, 0.15) is 38.6 Å². The van der Waals surface area contributed by atoms with Crippen LogP contribution in [0.3, 0.4) is 0 Å². The zero-order valence-corrected chi connectivity index (χ0v) is 10.5. The van der Waals surface area contributed by atoms with Gasteiger partial charge in [0.05, 0.1) is 12.6 Å². The molecule has 2 unspecified atom stereocenters. The normalized spacial score (nSPS) is 22.8. The van der Waals surface area contributed by atoms with E-state index in [1.54, 1.807) is 6.92 Å². The third kappa shape index (κ3) is 3.05. The second-order valence-corrected chi connectivity index (χ2v) is 4.88. The van der Waals surface area contributed by atoms with Crippen molar-refractivity contribution in [3.05, 3.63) is 18.2 Å². The van der Waals surface area contributed by atoms with Gasteiger partial charge in [0, 0.05) is 18.4 Å². The summed E-state index contributed by atoms with van der Waals surface area (Å²) in [6.45, 7) is 0.527. The van der Waals surface area contributed by atoms with Crippen LogP contribution >= 0.6 is 0 Å². The zero-order valence-electron chi connectivity index (χ0n) is 10.5. The number of likely N-dealkylation sites (tertiary alicyclic amines) is 1. The van der Waals surface area contributed by atoms with Crippen molar-refractivity contribution in [3.63, 3.8) is 0 Å². The Labute approximate surface area is 105 Å². The fourth-order valence-electron chi connectivity index (χ4n) is 2.59. The van der Waals surface area contributed by atoms with Crippen LogP contribution in [0.5, 0.6) is 0 Å². The molecule has 2 heterocycles. The number of imidazole rings is 1. The van der Waals surface area contributed by atoms with E-state index in [1.807, 2.05) is 0 Å². The number of rotatable bonds is 5. The van der Waals surface area contributed by atoms with Crippen LogP contribution in [0.2, 0.25) is 0 Å². The van der Waals surface area contributed by atoms with E-state index in [1.165, 1.54) is 12.4 Å². The van der Waals surface area contributed by atoms with E-state index in [-0.39, 0.29) is 12.1 Å². The number of aromatic nitrogens is 2. The highest BCUT2D eigenvalue weighted by atomic mass is 19.3. The molecule has 1 saturated heterocycles. The van der Waals surface area contributed by atoms with Gasteiger partial charge in [-0.3, -0.25) is 9.47 Å². The molecule has 2 atom stereocenters. The lowest BCUT2D eigenvalue weighted by Crippen LogP contribution is -2.32. The van der Waals surface area contributed by atoms with Crippen molar-refractivity contribution in [2.45, 2.75) is 51.4 Å². The third-order valence-electron chi connectivity index (χ3n) is 3.42. The fraction of sp³-hybridized carbons (Fsp3) is 0.750. The first kappa shape index (κ1) is 13.4. The quantitative estimate of drug-likeness (QED) is 0.879. The van der Waals surface area contributed by atoms with Gasteiger partial charge in [-0.2, -0.15) is 8.78 Å². The first-order valence-electron chi connectivity index (χ1n) is 6.30. The molecule has 6 heteroatoms. The molecular weight excluding hydrogens is 240 g/mol. The lowest BCUT2D eigenvalue weighted by atomic mass is 10.1. The zero-order chi connectivity index (χ0) is 13.1. The van der Waals surface area contributed by atoms with Crippen LogP contribution in [0.4, 0.5) is 8.78 Å². The monoisotopic (exact) mass is 259 g/mol. The Hall–Kier alpha value is -1.01. The molecular formula is C12H19F2N3O. The van der Waals surface area contributed by atoms with E-state index < -0.39 is 6.55 Å². The molecule has 18 heavy (non-hydrogen) atoms. The average Bonchev–Trinajstić information content (AvgIpc) is 2.88. The predicted molar refractivity (Wildman–Crippen MR) is 63.2 cm³/mol. The number of halogens is 2. The predicted octanol–water partition coefficient (Wildman–Crippen LogP) is 2.01. The van der Waals surface area contributed by atoms with Crippen LogP contribution in [-0.4, -0.2) is 38.2 Å². The highest BCUT2D eigenvalue weighted by Crippen LogP contribution is 2.24. The molecule has 1 aromatic rings. The molecule has 1 N–H and O–H groups in total. The topological polar surface area (TPSA) is 41.3 Å². The van der Waals surface area contributed by atoms with Crippen molar-refractivity contribution in [2.24, 2.45) is 0 Å². The molecule has 1 fully saturated rings. The van der Waals surface area contributed by atoms with Gasteiger partial charge in [0.25, 0.3) is 0 Å². The molecule has 102 valence electrons. The fourth-order valence-corrected chi connectivity index (χ4v) is 2.59. The van der Waals surface area contributed by atoms with Crippen LogP contribution in [0, 0.1) is 0 Å². The lowest BCUT2D eigenvalue weighted by Gasteiger charge is -2.25. The minimum atomic E-state index is -2.54. The van der Waals surface area contributed by atoms with Crippen LogP contribution in [0.25, 0.3) is 0 Å². The van der Waals surface area contributed by atoms with Crippen LogP contribution < -0.4 is 0 Å². The van der Waals surface area contributed by atoms with Gasteiger partial charge < -0.3 is 5.11 Å². The lowest BCUT2D eigenvalue weighted by molar-refractivity contribution is 0.0619. The Morgan fingerprint density at radius 1 is 1.56 bits per heavy atom. The molecule has 1 aromatic heterocycles. The minimum absolute atomic E-state index is 0.271. The molecule has 0 aliphatic carbocycles. The van der Waals surface area contributed by atoms with Crippen LogP contribution in [0.15, 0.2) is 12.4 Å². The van der Waals surface area contributed by atoms with Gasteiger partial charge in [0.15, 0.2) is 0 Å². The summed E-state index contributed by atoms with van der Waals surface area (Å²) in [6.07, 6.45) is 5.11. The first-order chi connectivity index (χ1) is 8.58. The van der Waals surface area contributed by atoms with Crippen molar-refractivity contribution in [1.29, 1.82) is 0 Å². The molecule has 0 spiro atoms. The summed E-state index contributed by atoms with van der Waals surface area (Å²) >= 11 is 0. The Bertz CT molecular complexity index is 381. The number of nitrogens with zero attached hydrogens (tertiary/aromatic N) is 3. The Morgan fingerprint density at radius 3 is 3.00 bits per heavy atom. The summed E-state index contributed by atoms with van der Waals surface area (Å²) in [4.78, 5) is 6.13. The van der Waals surface area contributed by atoms with Crippen LogP contribution in [-0.2, 0) is 6.54 Å².